The van der Waals surface area contributed by atoms with Gasteiger partial charge in [-0.05, 0) is 82.1 Å². The summed E-state index contributed by atoms with van der Waals surface area (Å²) >= 11 is 5.72. The highest BCUT2D eigenvalue weighted by atomic mass is 127. The molecule has 0 nitrogen and oxygen atoms in total. The van der Waals surface area contributed by atoms with Gasteiger partial charge in [0.25, 0.3) is 0 Å². The summed E-state index contributed by atoms with van der Waals surface area (Å²) < 4.78 is 1.67. The van der Waals surface area contributed by atoms with E-state index in [-0.39, 0.29) is 0 Å². The minimum absolute atomic E-state index is 0.726. The van der Waals surface area contributed by atoms with E-state index >= 15 is 0 Å². The summed E-state index contributed by atoms with van der Waals surface area (Å²) in [5.41, 5.74) is 5.00. The van der Waals surface area contributed by atoms with Crippen LogP contribution in [-0.2, 0) is 10.8 Å². The largest absolute Gasteiger partial charge is 0.0779 e. The van der Waals surface area contributed by atoms with Crippen molar-refractivity contribution in [1.29, 1.82) is 0 Å². The topological polar surface area (TPSA) is 0 Å². The Labute approximate surface area is 168 Å². The van der Waals surface area contributed by atoms with E-state index in [1.807, 2.05) is 0 Å². The van der Waals surface area contributed by atoms with Crippen LogP contribution in [0.5, 0.6) is 0 Å². The Balaban J connectivity index is 1.03. The maximum absolute atomic E-state index is 2.86. The number of benzene rings is 1. The Morgan fingerprint density at radius 3 is 0.958 bits per heavy atom. The number of hydrogen-bond acceptors (Lipinski definition) is 0. The molecule has 0 bridgehead atoms. The molecule has 1 aromatic carbocycles. The predicted octanol–water partition coefficient (Wildman–Crippen LogP) is 4.04. The molecule has 118 valence electrons. The van der Waals surface area contributed by atoms with Crippen LogP contribution in [0.2, 0.25) is 0 Å². The summed E-state index contributed by atoms with van der Waals surface area (Å²) in [6, 6.07) is 10.5. The fourth-order valence-corrected chi connectivity index (χ4v) is 17.6. The van der Waals surface area contributed by atoms with E-state index in [0.29, 0.717) is 0 Å². The van der Waals surface area contributed by atoms with Crippen molar-refractivity contribution >= 4 is 45.2 Å². The van der Waals surface area contributed by atoms with Crippen LogP contribution < -0.4 is 0 Å². The molecule has 12 aliphatic rings. The first kappa shape index (κ1) is 11.5. The van der Waals surface area contributed by atoms with Crippen LogP contribution in [0, 0.1) is 71.0 Å². The van der Waals surface area contributed by atoms with E-state index in [0.717, 1.165) is 88.7 Å². The van der Waals surface area contributed by atoms with Gasteiger partial charge in [-0.2, -0.15) is 0 Å². The van der Waals surface area contributed by atoms with Crippen molar-refractivity contribution in [3.05, 3.63) is 35.4 Å². The summed E-state index contributed by atoms with van der Waals surface area (Å²) in [6.45, 7) is 0. The van der Waals surface area contributed by atoms with Gasteiger partial charge in [0.1, 0.15) is 0 Å². The highest BCUT2D eigenvalue weighted by Gasteiger charge is 3.10. The van der Waals surface area contributed by atoms with E-state index in [1.165, 1.54) is 0 Å². The molecule has 0 spiro atoms. The van der Waals surface area contributed by atoms with Crippen LogP contribution in [0.4, 0.5) is 0 Å². The Morgan fingerprint density at radius 2 is 0.708 bits per heavy atom. The van der Waals surface area contributed by atoms with Gasteiger partial charge in [0, 0.05) is 17.7 Å². The van der Waals surface area contributed by atoms with Gasteiger partial charge in [0.2, 0.25) is 0 Å². The van der Waals surface area contributed by atoms with Gasteiger partial charge in [-0.3, -0.25) is 0 Å². The normalized spacial score (nSPS) is 89.1. The number of hydrogen-bond donors (Lipinski definition) is 0. The summed E-state index contributed by atoms with van der Waals surface area (Å²) in [6.07, 6.45) is 0. The molecule has 0 unspecified atom stereocenters. The Kier molecular flexibility index (Phi) is 1.17. The fourth-order valence-electron chi connectivity index (χ4n) is 13.0. The van der Waals surface area contributed by atoms with Crippen molar-refractivity contribution in [2.45, 2.75) is 17.7 Å². The SMILES string of the molecule is IC12C3C4C1C1C2C3C41c1ccc(C23C4C5C2C2C3C4C52I)cc1. The van der Waals surface area contributed by atoms with E-state index < -0.39 is 0 Å². The van der Waals surface area contributed by atoms with Crippen molar-refractivity contribution < 1.29 is 0 Å². The molecule has 0 saturated heterocycles. The van der Waals surface area contributed by atoms with Crippen molar-refractivity contribution in [3.8, 4) is 0 Å². The maximum atomic E-state index is 2.86. The van der Waals surface area contributed by atoms with E-state index in [9.17, 15) is 0 Å². The third-order valence-electron chi connectivity index (χ3n) is 12.9. The summed E-state index contributed by atoms with van der Waals surface area (Å²) in [5, 5.41) is 0. The molecule has 0 aliphatic heterocycles. The smallest absolute Gasteiger partial charge is 0.0325 e. The number of rotatable bonds is 2. The first-order chi connectivity index (χ1) is 11.7. The third-order valence-corrected chi connectivity index (χ3v) is 17.2. The van der Waals surface area contributed by atoms with Gasteiger partial charge < -0.3 is 0 Å². The van der Waals surface area contributed by atoms with E-state index in [2.05, 4.69) is 69.4 Å². The summed E-state index contributed by atoms with van der Waals surface area (Å²) in [4.78, 5) is 0. The molecule has 12 aliphatic carbocycles. The molecule has 12 fully saturated rings. The molecule has 0 N–H and O–H groups in total. The van der Waals surface area contributed by atoms with Crippen LogP contribution >= 0.6 is 45.2 Å². The van der Waals surface area contributed by atoms with Gasteiger partial charge in [-0.1, -0.05) is 69.4 Å². The highest BCUT2D eigenvalue weighted by molar-refractivity contribution is 14.1. The van der Waals surface area contributed by atoms with Crippen LogP contribution in [-0.4, -0.2) is 6.84 Å². The van der Waals surface area contributed by atoms with Crippen LogP contribution in [0.15, 0.2) is 24.3 Å². The van der Waals surface area contributed by atoms with Crippen molar-refractivity contribution in [3.63, 3.8) is 0 Å². The van der Waals surface area contributed by atoms with Gasteiger partial charge in [0.05, 0.1) is 0 Å². The predicted molar refractivity (Wildman–Crippen MR) is 105 cm³/mol. The van der Waals surface area contributed by atoms with E-state index in [1.54, 1.807) is 11.1 Å². The van der Waals surface area contributed by atoms with Crippen LogP contribution in [0.3, 0.4) is 0 Å². The molecule has 0 atom stereocenters. The second-order valence-corrected chi connectivity index (χ2v) is 15.1. The molecule has 12 saturated carbocycles. The zero-order valence-electron chi connectivity index (χ0n) is 13.0. The summed E-state index contributed by atoms with van der Waals surface area (Å²) in [5.74, 6) is 13.7. The minimum Gasteiger partial charge on any atom is -0.0779 e. The van der Waals surface area contributed by atoms with Gasteiger partial charge in [0.15, 0.2) is 0 Å². The first-order valence-electron chi connectivity index (χ1n) is 10.2. The average molecular weight is 534 g/mol. The lowest BCUT2D eigenvalue weighted by atomic mass is 8.95. The fraction of sp³-hybridized carbons (Fsp3) is 0.727. The second kappa shape index (κ2) is 2.44. The third kappa shape index (κ3) is 0.524. The van der Waals surface area contributed by atoms with Gasteiger partial charge >= 0.3 is 0 Å². The van der Waals surface area contributed by atoms with Crippen LogP contribution in [0.25, 0.3) is 0 Å². The zero-order valence-corrected chi connectivity index (χ0v) is 17.3. The standard InChI is InChI=1S/C22H16I2/c23-21-13-7-14(21)9-15(21)8(13)19(7,9)5-1-2-6(4-3-5)20-10-16-11(20)18-12(20)17(10)22(16,18)24/h1-4,7-18H. The molecule has 0 amide bonds. The monoisotopic (exact) mass is 534 g/mol. The molecular weight excluding hydrogens is 518 g/mol. The number of halogens is 2. The van der Waals surface area contributed by atoms with Crippen LogP contribution in [0.1, 0.15) is 11.1 Å². The Hall–Kier alpha value is 0.680. The lowest BCUT2D eigenvalue weighted by Gasteiger charge is -3.11. The molecule has 0 aromatic heterocycles. The molecule has 24 heavy (non-hydrogen) atoms. The molecule has 13 rings (SSSR count). The molecule has 2 heteroatoms. The van der Waals surface area contributed by atoms with Crippen molar-refractivity contribution in [1.82, 2.24) is 0 Å². The highest BCUT2D eigenvalue weighted by Crippen LogP contribution is 3.09. The van der Waals surface area contributed by atoms with Gasteiger partial charge in [-0.15, -0.1) is 0 Å². The second-order valence-electron chi connectivity index (χ2n) is 11.4. The maximum Gasteiger partial charge on any atom is 0.0325 e. The average Bonchev–Trinajstić information content (AvgIpc) is 2.63. The lowest BCUT2D eigenvalue weighted by Crippen LogP contribution is -3.12. The Morgan fingerprint density at radius 1 is 0.458 bits per heavy atom. The summed E-state index contributed by atoms with van der Waals surface area (Å²) in [7, 11) is 0. The van der Waals surface area contributed by atoms with Crippen molar-refractivity contribution in [2.75, 3.05) is 0 Å². The Bertz CT molecular complexity index is 815. The molecule has 1 aromatic rings. The quantitative estimate of drug-likeness (QED) is 0.397. The lowest BCUT2D eigenvalue weighted by molar-refractivity contribution is -0.556. The van der Waals surface area contributed by atoms with Gasteiger partial charge in [-0.25, -0.2) is 0 Å². The molecule has 0 radical (unpaired) electrons. The van der Waals surface area contributed by atoms with E-state index in [4.69, 9.17) is 0 Å². The molecule has 0 heterocycles. The number of alkyl halides is 2. The zero-order chi connectivity index (χ0) is 14.9. The minimum atomic E-state index is 0.726. The first-order valence-corrected chi connectivity index (χ1v) is 12.3. The van der Waals surface area contributed by atoms with Crippen molar-refractivity contribution in [2.24, 2.45) is 71.0 Å². The molecular formula is C22H16I2.